The molecule has 0 aromatic heterocycles. The lowest BCUT2D eigenvalue weighted by atomic mass is 10.1. The number of ether oxygens (including phenoxy) is 2. The van der Waals surface area contributed by atoms with Crippen molar-refractivity contribution in [3.05, 3.63) is 87.4 Å². The van der Waals surface area contributed by atoms with E-state index in [0.717, 1.165) is 15.6 Å². The summed E-state index contributed by atoms with van der Waals surface area (Å²) in [5, 5.41) is 15.8. The summed E-state index contributed by atoms with van der Waals surface area (Å²) < 4.78 is 12.1. The Hall–Kier alpha value is -3.85. The third-order valence-electron chi connectivity index (χ3n) is 4.55. The number of aryl methyl sites for hydroxylation is 1. The second-order valence-corrected chi connectivity index (χ2v) is 7.85. The van der Waals surface area contributed by atoms with Gasteiger partial charge in [-0.1, -0.05) is 28.1 Å². The molecule has 3 rings (SSSR count). The number of hydrogen-bond donors (Lipinski definition) is 3. The second kappa shape index (κ2) is 11.1. The minimum Gasteiger partial charge on any atom is -0.493 e. The zero-order valence-corrected chi connectivity index (χ0v) is 19.5. The minimum absolute atomic E-state index is 0.183. The highest BCUT2D eigenvalue weighted by atomic mass is 79.9. The maximum absolute atomic E-state index is 12.0. The highest BCUT2D eigenvalue weighted by Crippen LogP contribution is 2.28. The number of halogens is 1. The first-order valence-electron chi connectivity index (χ1n) is 9.85. The number of amides is 2. The molecule has 9 heteroatoms. The quantitative estimate of drug-likeness (QED) is 0.284. The molecular formula is C24H22BrN3O5. The first-order chi connectivity index (χ1) is 15.9. The Morgan fingerprint density at radius 1 is 1.09 bits per heavy atom. The summed E-state index contributed by atoms with van der Waals surface area (Å²) in [7, 11) is 1.51. The number of hydrazone groups is 1. The Balaban J connectivity index is 1.58. The third kappa shape index (κ3) is 6.81. The van der Waals surface area contributed by atoms with E-state index in [9.17, 15) is 9.59 Å². The van der Waals surface area contributed by atoms with Crippen LogP contribution >= 0.6 is 15.9 Å². The van der Waals surface area contributed by atoms with E-state index in [2.05, 4.69) is 31.8 Å². The van der Waals surface area contributed by atoms with Crippen molar-refractivity contribution in [2.45, 2.75) is 13.5 Å². The number of rotatable bonds is 8. The number of nitrogens with zero attached hydrogens (tertiary/aromatic N) is 1. The summed E-state index contributed by atoms with van der Waals surface area (Å²) >= 11 is 3.42. The predicted molar refractivity (Wildman–Crippen MR) is 129 cm³/mol. The van der Waals surface area contributed by atoms with Gasteiger partial charge in [0.1, 0.15) is 6.61 Å². The molecule has 0 saturated carbocycles. The smallest absolute Gasteiger partial charge is 0.339 e. The number of methoxy groups -OCH3 is 1. The van der Waals surface area contributed by atoms with Crippen LogP contribution in [0.3, 0.4) is 0 Å². The summed E-state index contributed by atoms with van der Waals surface area (Å²) in [4.78, 5) is 23.1. The molecule has 0 radical (unpaired) electrons. The average molecular weight is 512 g/mol. The fourth-order valence-corrected chi connectivity index (χ4v) is 3.13. The molecule has 0 aliphatic rings. The molecule has 0 unspecified atom stereocenters. The van der Waals surface area contributed by atoms with Crippen LogP contribution in [0.15, 0.2) is 70.2 Å². The van der Waals surface area contributed by atoms with Crippen LogP contribution in [0.4, 0.5) is 10.5 Å². The molecule has 0 spiro atoms. The predicted octanol–water partition coefficient (Wildman–Crippen LogP) is 5.20. The lowest BCUT2D eigenvalue weighted by Gasteiger charge is -2.11. The lowest BCUT2D eigenvalue weighted by Crippen LogP contribution is -2.24. The van der Waals surface area contributed by atoms with Crippen LogP contribution < -0.4 is 20.2 Å². The molecule has 3 N–H and O–H groups in total. The molecule has 33 heavy (non-hydrogen) atoms. The van der Waals surface area contributed by atoms with Crippen LogP contribution in [-0.4, -0.2) is 30.4 Å². The van der Waals surface area contributed by atoms with Crippen molar-refractivity contribution in [3.63, 3.8) is 0 Å². The van der Waals surface area contributed by atoms with Crippen LogP contribution in [-0.2, 0) is 6.61 Å². The highest BCUT2D eigenvalue weighted by molar-refractivity contribution is 9.10. The van der Waals surface area contributed by atoms with E-state index in [1.165, 1.54) is 19.4 Å². The topological polar surface area (TPSA) is 109 Å². The molecule has 0 aliphatic heterocycles. The minimum atomic E-state index is -0.993. The molecule has 0 bridgehead atoms. The van der Waals surface area contributed by atoms with Gasteiger partial charge in [0.2, 0.25) is 0 Å². The largest absolute Gasteiger partial charge is 0.493 e. The van der Waals surface area contributed by atoms with E-state index in [4.69, 9.17) is 14.6 Å². The molecular weight excluding hydrogens is 490 g/mol. The number of carbonyl (C=O) groups excluding carboxylic acids is 1. The van der Waals surface area contributed by atoms with Gasteiger partial charge in [-0.3, -0.25) is 0 Å². The van der Waals surface area contributed by atoms with Gasteiger partial charge in [-0.15, -0.1) is 0 Å². The van der Waals surface area contributed by atoms with Gasteiger partial charge in [-0.25, -0.2) is 15.0 Å². The summed E-state index contributed by atoms with van der Waals surface area (Å²) in [6.45, 7) is 2.11. The fraction of sp³-hybridized carbons (Fsp3) is 0.125. The summed E-state index contributed by atoms with van der Waals surface area (Å²) in [5.41, 5.74) is 5.67. The lowest BCUT2D eigenvalue weighted by molar-refractivity contribution is 0.0696. The van der Waals surface area contributed by atoms with Gasteiger partial charge in [-0.05, 0) is 72.1 Å². The van der Waals surface area contributed by atoms with Crippen molar-refractivity contribution >= 4 is 39.8 Å². The van der Waals surface area contributed by atoms with E-state index in [1.54, 1.807) is 42.5 Å². The number of urea groups is 1. The van der Waals surface area contributed by atoms with Crippen molar-refractivity contribution in [1.29, 1.82) is 0 Å². The van der Waals surface area contributed by atoms with Crippen LogP contribution in [0.5, 0.6) is 11.5 Å². The summed E-state index contributed by atoms with van der Waals surface area (Å²) in [6.07, 6.45) is 1.48. The third-order valence-corrected chi connectivity index (χ3v) is 5.44. The van der Waals surface area contributed by atoms with Gasteiger partial charge >= 0.3 is 12.0 Å². The SMILES string of the molecule is COc1cc(/C=N/NC(=O)Nc2ccc(Br)c(C)c2)ccc1OCc1cccc(C(=O)O)c1. The van der Waals surface area contributed by atoms with Gasteiger partial charge in [-0.2, -0.15) is 5.10 Å². The van der Waals surface area contributed by atoms with Crippen LogP contribution in [0, 0.1) is 6.92 Å². The zero-order chi connectivity index (χ0) is 23.8. The Bertz CT molecular complexity index is 1200. The molecule has 0 atom stereocenters. The number of anilines is 1. The zero-order valence-electron chi connectivity index (χ0n) is 18.0. The molecule has 0 heterocycles. The van der Waals surface area contributed by atoms with Crippen molar-refractivity contribution in [2.24, 2.45) is 5.10 Å². The van der Waals surface area contributed by atoms with Gasteiger partial charge in [0.25, 0.3) is 0 Å². The van der Waals surface area contributed by atoms with E-state index < -0.39 is 12.0 Å². The highest BCUT2D eigenvalue weighted by Gasteiger charge is 2.08. The number of carbonyl (C=O) groups is 2. The van der Waals surface area contributed by atoms with E-state index >= 15 is 0 Å². The molecule has 0 aliphatic carbocycles. The van der Waals surface area contributed by atoms with Crippen LogP contribution in [0.25, 0.3) is 0 Å². The molecule has 0 saturated heterocycles. The number of hydrogen-bond acceptors (Lipinski definition) is 5. The Morgan fingerprint density at radius 2 is 1.91 bits per heavy atom. The second-order valence-electron chi connectivity index (χ2n) is 6.99. The number of aromatic carboxylic acids is 1. The molecule has 8 nitrogen and oxygen atoms in total. The standard InChI is InChI=1S/C24H22BrN3O5/c1-15-10-19(7-8-20(15)25)27-24(31)28-26-13-16-6-9-21(22(12-16)32-2)33-14-17-4-3-5-18(11-17)23(29)30/h3-13H,14H2,1-2H3,(H,29,30)(H2,27,28,31)/b26-13+. The fourth-order valence-electron chi connectivity index (χ4n) is 2.89. The number of carboxylic acids is 1. The maximum Gasteiger partial charge on any atom is 0.339 e. The van der Waals surface area contributed by atoms with Gasteiger partial charge in [0, 0.05) is 10.2 Å². The van der Waals surface area contributed by atoms with Crippen molar-refractivity contribution in [2.75, 3.05) is 12.4 Å². The number of nitrogens with one attached hydrogen (secondary N) is 2. The van der Waals surface area contributed by atoms with Gasteiger partial charge in [0.15, 0.2) is 11.5 Å². The first-order valence-corrected chi connectivity index (χ1v) is 10.6. The number of carboxylic acid groups (broad SMARTS) is 1. The van der Waals surface area contributed by atoms with Crippen LogP contribution in [0.2, 0.25) is 0 Å². The number of benzene rings is 3. The maximum atomic E-state index is 12.0. The summed E-state index contributed by atoms with van der Waals surface area (Å²) in [5.74, 6) is -0.0258. The molecule has 2 amide bonds. The molecule has 3 aromatic carbocycles. The average Bonchev–Trinajstić information content (AvgIpc) is 2.80. The molecule has 170 valence electrons. The van der Waals surface area contributed by atoms with Crippen LogP contribution in [0.1, 0.15) is 27.0 Å². The van der Waals surface area contributed by atoms with Crippen molar-refractivity contribution in [1.82, 2.24) is 5.43 Å². The Morgan fingerprint density at radius 3 is 2.64 bits per heavy atom. The van der Waals surface area contributed by atoms with E-state index in [-0.39, 0.29) is 12.2 Å². The normalized spacial score (nSPS) is 10.6. The Labute approximate surface area is 199 Å². The first kappa shape index (κ1) is 23.8. The molecule has 0 fully saturated rings. The van der Waals surface area contributed by atoms with Gasteiger partial charge in [0.05, 0.1) is 18.9 Å². The van der Waals surface area contributed by atoms with E-state index in [0.29, 0.717) is 22.7 Å². The van der Waals surface area contributed by atoms with E-state index in [1.807, 2.05) is 19.1 Å². The monoisotopic (exact) mass is 511 g/mol. The van der Waals surface area contributed by atoms with Crippen molar-refractivity contribution < 1.29 is 24.2 Å². The Kier molecular flexibility index (Phi) is 8.04. The van der Waals surface area contributed by atoms with Gasteiger partial charge < -0.3 is 19.9 Å². The summed E-state index contributed by atoms with van der Waals surface area (Å²) in [6, 6.07) is 16.7. The van der Waals surface area contributed by atoms with Crippen molar-refractivity contribution in [3.8, 4) is 11.5 Å². The molecule has 3 aromatic rings.